The van der Waals surface area contributed by atoms with Crippen LogP contribution in [0.25, 0.3) is 0 Å². The zero-order valence-electron chi connectivity index (χ0n) is 25.4. The molecule has 0 radical (unpaired) electrons. The molecule has 0 amide bonds. The van der Waals surface area contributed by atoms with Crippen molar-refractivity contribution in [2.45, 2.75) is 145 Å². The van der Waals surface area contributed by atoms with Gasteiger partial charge in [-0.1, -0.05) is 65.2 Å². The van der Waals surface area contributed by atoms with Crippen LogP contribution in [-0.2, 0) is 10.4 Å². The molecule has 35 heavy (non-hydrogen) atoms. The predicted octanol–water partition coefficient (Wildman–Crippen LogP) is 7.11. The third-order valence-corrected chi connectivity index (χ3v) is 7.98. The van der Waals surface area contributed by atoms with E-state index in [-0.39, 0.29) is 0 Å². The molecule has 0 fully saturated rings. The van der Waals surface area contributed by atoms with Gasteiger partial charge in [0.25, 0.3) is 0 Å². The van der Waals surface area contributed by atoms with E-state index >= 15 is 0 Å². The van der Waals surface area contributed by atoms with Crippen LogP contribution in [0.15, 0.2) is 0 Å². The summed E-state index contributed by atoms with van der Waals surface area (Å²) in [6.07, 6.45) is 17.0. The molecule has 0 bridgehead atoms. The quantitative estimate of drug-likeness (QED) is 0.0828. The van der Waals surface area contributed by atoms with Crippen molar-refractivity contribution in [2.24, 2.45) is 0 Å². The van der Waals surface area contributed by atoms with Gasteiger partial charge in [0.2, 0.25) is 0 Å². The lowest BCUT2D eigenvalue weighted by Gasteiger charge is -2.37. The normalized spacial score (nSPS) is 15.0. The van der Waals surface area contributed by atoms with Crippen molar-refractivity contribution < 1.29 is 26.5 Å². The van der Waals surface area contributed by atoms with Crippen molar-refractivity contribution in [1.29, 1.82) is 0 Å². The summed E-state index contributed by atoms with van der Waals surface area (Å²) in [5.74, 6) is 0. The molecule has 6 nitrogen and oxygen atoms in total. The van der Waals surface area contributed by atoms with Gasteiger partial charge < -0.3 is 18.1 Å². The van der Waals surface area contributed by atoms with E-state index in [2.05, 4.69) is 69.5 Å². The maximum Gasteiger partial charge on any atom is 0.0831 e. The van der Waals surface area contributed by atoms with Crippen LogP contribution in [-0.4, -0.2) is 78.8 Å². The lowest BCUT2D eigenvalue weighted by atomic mass is 10.1. The molecule has 0 heterocycles. The molecule has 0 rings (SSSR count). The van der Waals surface area contributed by atoms with Crippen LogP contribution in [0.3, 0.4) is 0 Å². The molecule has 0 aliphatic rings. The van der Waals surface area contributed by atoms with Crippen molar-refractivity contribution in [3.05, 3.63) is 0 Å². The summed E-state index contributed by atoms with van der Waals surface area (Å²) in [5, 5.41) is 0. The van der Waals surface area contributed by atoms with Gasteiger partial charge in [0, 0.05) is 10.4 Å². The smallest absolute Gasteiger partial charge is 0.0831 e. The second-order valence-electron chi connectivity index (χ2n) is 11.2. The maximum absolute atomic E-state index is 8.52. The van der Waals surface area contributed by atoms with Crippen molar-refractivity contribution >= 4 is 10.4 Å². The van der Waals surface area contributed by atoms with Gasteiger partial charge >= 0.3 is 0 Å². The molecular weight excluding hydrogens is 460 g/mol. The Kier molecular flexibility index (Phi) is 25.8. The number of hydrogen-bond acceptors (Lipinski definition) is 4. The third-order valence-electron chi connectivity index (χ3n) is 7.98. The Hall–Kier alpha value is -0.210. The molecule has 0 aromatic heterocycles. The van der Waals surface area contributed by atoms with Gasteiger partial charge in [0.1, 0.15) is 0 Å². The van der Waals surface area contributed by atoms with Crippen LogP contribution in [0.1, 0.15) is 132 Å². The lowest BCUT2D eigenvalue weighted by molar-refractivity contribution is -0.928. The first-order valence-corrected chi connectivity index (χ1v) is 15.8. The number of unbranched alkanes of at least 4 members (excludes halogenated alkanes) is 10. The molecule has 2 atom stereocenters. The number of nitrogens with zero attached hydrogens (tertiary/aromatic N) is 2. The minimum absolute atomic E-state index is 0.769. The first-order valence-electron chi connectivity index (χ1n) is 14.5. The van der Waals surface area contributed by atoms with Gasteiger partial charge in [-0.2, -0.15) is 0 Å². The topological polar surface area (TPSA) is 80.3 Å². The molecule has 7 heteroatoms. The van der Waals surface area contributed by atoms with Gasteiger partial charge in [0.05, 0.1) is 52.4 Å². The molecule has 216 valence electrons. The van der Waals surface area contributed by atoms with Crippen molar-refractivity contribution in [2.75, 3.05) is 40.3 Å². The van der Waals surface area contributed by atoms with E-state index in [9.17, 15) is 0 Å². The molecule has 0 saturated carbocycles. The van der Waals surface area contributed by atoms with Crippen molar-refractivity contribution in [3.8, 4) is 0 Å². The Balaban J connectivity index is -0.000000491. The minimum Gasteiger partial charge on any atom is -0.759 e. The molecule has 0 aromatic rings. The van der Waals surface area contributed by atoms with E-state index in [4.69, 9.17) is 17.5 Å². The predicted molar refractivity (Wildman–Crippen MR) is 151 cm³/mol. The SMILES string of the molecule is CCCCCCCC[N+](C)(CC)C(C)C.CCCCCCCC[N+](C)(CC)C(C)C.O=S(=O)([O-])[O-]. The largest absolute Gasteiger partial charge is 0.759 e. The zero-order valence-corrected chi connectivity index (χ0v) is 26.2. The molecule has 0 spiro atoms. The summed E-state index contributed by atoms with van der Waals surface area (Å²) >= 11 is 0. The van der Waals surface area contributed by atoms with Gasteiger partial charge in [-0.15, -0.1) is 0 Å². The summed E-state index contributed by atoms with van der Waals surface area (Å²) in [6, 6.07) is 1.54. The fourth-order valence-electron chi connectivity index (χ4n) is 4.07. The van der Waals surface area contributed by atoms with Crippen LogP contribution in [0.5, 0.6) is 0 Å². The molecule has 0 N–H and O–H groups in total. The van der Waals surface area contributed by atoms with Crippen LogP contribution in [0.2, 0.25) is 0 Å². The van der Waals surface area contributed by atoms with E-state index in [0.29, 0.717) is 0 Å². The maximum atomic E-state index is 8.52. The number of rotatable bonds is 18. The summed E-state index contributed by atoms with van der Waals surface area (Å²) in [7, 11) is -0.368. The highest BCUT2D eigenvalue weighted by atomic mass is 32.3. The van der Waals surface area contributed by atoms with E-state index in [0.717, 1.165) is 12.1 Å². The highest BCUT2D eigenvalue weighted by Crippen LogP contribution is 2.14. The number of hydrogen-bond donors (Lipinski definition) is 0. The number of quaternary nitrogens is 2. The monoisotopic (exact) mass is 524 g/mol. The van der Waals surface area contributed by atoms with E-state index in [1.54, 1.807) is 0 Å². The second kappa shape index (κ2) is 22.9. The second-order valence-corrected chi connectivity index (χ2v) is 12.0. The molecular formula is C28H64N2O4S. The first-order chi connectivity index (χ1) is 16.1. The molecule has 2 unspecified atom stereocenters. The summed E-state index contributed by atoms with van der Waals surface area (Å²) in [4.78, 5) is 0. The fraction of sp³-hybridized carbons (Fsp3) is 1.00. The van der Waals surface area contributed by atoms with E-state index in [1.807, 2.05) is 0 Å². The summed E-state index contributed by atoms with van der Waals surface area (Å²) in [5.41, 5.74) is 0. The average molecular weight is 525 g/mol. The minimum atomic E-state index is -5.17. The van der Waals surface area contributed by atoms with Gasteiger partial charge in [-0.05, 0) is 67.2 Å². The standard InChI is InChI=1S/2C14H32N.H2O4S/c2*1-6-8-9-10-11-12-13-15(5,7-2)14(3)4;1-5(2,3)4/h2*14H,6-13H2,1-5H3;(H2,1,2,3,4)/q2*+1;/p-2. The molecule has 0 aromatic carbocycles. The van der Waals surface area contributed by atoms with Crippen LogP contribution in [0.4, 0.5) is 0 Å². The average Bonchev–Trinajstić information content (AvgIpc) is 2.77. The van der Waals surface area contributed by atoms with Crippen molar-refractivity contribution in [1.82, 2.24) is 0 Å². The van der Waals surface area contributed by atoms with E-state index < -0.39 is 10.4 Å². The van der Waals surface area contributed by atoms with Crippen LogP contribution in [0, 0.1) is 0 Å². The fourth-order valence-corrected chi connectivity index (χ4v) is 4.07. The zero-order chi connectivity index (χ0) is 28.0. The molecule has 0 aliphatic heterocycles. The highest BCUT2D eigenvalue weighted by molar-refractivity contribution is 7.79. The van der Waals surface area contributed by atoms with Gasteiger partial charge in [0.15, 0.2) is 0 Å². The summed E-state index contributed by atoms with van der Waals surface area (Å²) < 4.78 is 36.6. The van der Waals surface area contributed by atoms with E-state index in [1.165, 1.54) is 112 Å². The first kappa shape index (κ1) is 39.3. The lowest BCUT2D eigenvalue weighted by Crippen LogP contribution is -2.49. The Bertz CT molecular complexity index is 513. The van der Waals surface area contributed by atoms with Crippen LogP contribution >= 0.6 is 0 Å². The Morgan fingerprint density at radius 3 is 0.971 bits per heavy atom. The third kappa shape index (κ3) is 26.7. The van der Waals surface area contributed by atoms with Crippen LogP contribution < -0.4 is 0 Å². The van der Waals surface area contributed by atoms with Gasteiger partial charge in [-0.3, -0.25) is 8.42 Å². The van der Waals surface area contributed by atoms with Gasteiger partial charge in [-0.25, -0.2) is 0 Å². The Morgan fingerprint density at radius 2 is 0.771 bits per heavy atom. The Morgan fingerprint density at radius 1 is 0.543 bits per heavy atom. The molecule has 0 aliphatic carbocycles. The molecule has 0 saturated heterocycles. The Labute approximate surface area is 221 Å². The summed E-state index contributed by atoms with van der Waals surface area (Å²) in [6.45, 7) is 23.9. The highest BCUT2D eigenvalue weighted by Gasteiger charge is 2.23. The van der Waals surface area contributed by atoms with Crippen molar-refractivity contribution in [3.63, 3.8) is 0 Å².